The number of aromatic nitrogens is 5. The van der Waals surface area contributed by atoms with Crippen LogP contribution in [0.15, 0.2) is 51.9 Å². The average molecular weight is 364 g/mol. The minimum absolute atomic E-state index is 0.185. The lowest BCUT2D eigenvalue weighted by molar-refractivity contribution is -0.116. The first-order valence-electron chi connectivity index (χ1n) is 8.25. The fourth-order valence-electron chi connectivity index (χ4n) is 2.88. The van der Waals surface area contributed by atoms with Crippen LogP contribution in [0.4, 0.5) is 5.82 Å². The molecule has 0 spiro atoms. The van der Waals surface area contributed by atoms with Gasteiger partial charge >= 0.3 is 5.76 Å². The Kier molecular flexibility index (Phi) is 4.03. The molecule has 0 aliphatic heterocycles. The third-order valence-electron chi connectivity index (χ3n) is 4.02. The summed E-state index contributed by atoms with van der Waals surface area (Å²) in [6, 6.07) is 10.5. The Morgan fingerprint density at radius 3 is 2.78 bits per heavy atom. The van der Waals surface area contributed by atoms with Crippen LogP contribution in [-0.2, 0) is 11.3 Å². The van der Waals surface area contributed by atoms with Crippen molar-refractivity contribution in [3.63, 3.8) is 0 Å². The van der Waals surface area contributed by atoms with Gasteiger partial charge in [-0.25, -0.2) is 19.4 Å². The molecule has 136 valence electrons. The number of hydrogen-bond donors (Lipinski definition) is 1. The van der Waals surface area contributed by atoms with Crippen LogP contribution in [0.3, 0.4) is 0 Å². The van der Waals surface area contributed by atoms with Gasteiger partial charge in [-0.3, -0.25) is 9.36 Å². The Hall–Kier alpha value is -3.75. The molecular weight excluding hydrogens is 348 g/mol. The fourth-order valence-corrected chi connectivity index (χ4v) is 2.88. The minimum atomic E-state index is -0.586. The number of hydrogen-bond acceptors (Lipinski definition) is 6. The quantitative estimate of drug-likeness (QED) is 0.592. The zero-order valence-corrected chi connectivity index (χ0v) is 14.7. The third kappa shape index (κ3) is 3.22. The second-order valence-electron chi connectivity index (χ2n) is 6.07. The topological polar surface area (TPSA) is 108 Å². The van der Waals surface area contributed by atoms with Gasteiger partial charge in [-0.15, -0.1) is 0 Å². The number of carbonyl (C=O) groups is 1. The third-order valence-corrected chi connectivity index (χ3v) is 4.02. The molecule has 0 atom stereocenters. The summed E-state index contributed by atoms with van der Waals surface area (Å²) in [5.74, 6) is -0.130. The summed E-state index contributed by atoms with van der Waals surface area (Å²) < 4.78 is 8.07. The number of aryl methyl sites for hydroxylation is 2. The highest BCUT2D eigenvalue weighted by molar-refractivity contribution is 5.90. The highest BCUT2D eigenvalue weighted by Crippen LogP contribution is 2.14. The van der Waals surface area contributed by atoms with Crippen LogP contribution < -0.4 is 11.1 Å². The smallest absolute Gasteiger partial charge is 0.408 e. The number of amides is 1. The van der Waals surface area contributed by atoms with Crippen molar-refractivity contribution >= 4 is 22.8 Å². The van der Waals surface area contributed by atoms with E-state index < -0.39 is 11.7 Å². The van der Waals surface area contributed by atoms with Gasteiger partial charge in [0.1, 0.15) is 18.7 Å². The van der Waals surface area contributed by atoms with Crippen molar-refractivity contribution in [2.75, 3.05) is 5.32 Å². The molecule has 0 radical (unpaired) electrons. The van der Waals surface area contributed by atoms with Crippen molar-refractivity contribution in [3.05, 3.63) is 64.7 Å². The number of rotatable bonds is 4. The molecule has 9 heteroatoms. The molecule has 0 bridgehead atoms. The average Bonchev–Trinajstić information content (AvgIpc) is 3.14. The summed E-state index contributed by atoms with van der Waals surface area (Å²) in [5.41, 5.74) is 2.77. The molecule has 0 unspecified atom stereocenters. The highest BCUT2D eigenvalue weighted by Gasteiger charge is 2.13. The van der Waals surface area contributed by atoms with E-state index in [1.807, 2.05) is 19.9 Å². The van der Waals surface area contributed by atoms with Crippen LogP contribution in [0, 0.1) is 13.8 Å². The molecule has 0 aliphatic carbocycles. The normalized spacial score (nSPS) is 11.0. The lowest BCUT2D eigenvalue weighted by Gasteiger charge is -2.07. The van der Waals surface area contributed by atoms with Crippen molar-refractivity contribution in [1.29, 1.82) is 0 Å². The van der Waals surface area contributed by atoms with Crippen LogP contribution in [-0.4, -0.2) is 30.2 Å². The molecular formula is C18H16N6O3. The molecule has 0 saturated heterocycles. The maximum absolute atomic E-state index is 12.4. The number of fused-ring (bicyclic) bond motifs is 1. The summed E-state index contributed by atoms with van der Waals surface area (Å²) in [7, 11) is 0. The number of nitrogens with one attached hydrogen (secondary N) is 1. The number of benzene rings is 1. The molecule has 3 heterocycles. The number of anilines is 1. The van der Waals surface area contributed by atoms with E-state index in [1.165, 1.54) is 10.9 Å². The molecule has 1 N–H and O–H groups in total. The van der Waals surface area contributed by atoms with Crippen molar-refractivity contribution in [2.24, 2.45) is 0 Å². The summed E-state index contributed by atoms with van der Waals surface area (Å²) in [6.07, 6.45) is 1.35. The zero-order chi connectivity index (χ0) is 19.0. The van der Waals surface area contributed by atoms with Crippen LogP contribution in [0.1, 0.15) is 11.4 Å². The fraction of sp³-hybridized carbons (Fsp3) is 0.167. The first-order valence-corrected chi connectivity index (χ1v) is 8.25. The lowest BCUT2D eigenvalue weighted by Crippen LogP contribution is -2.25. The Balaban J connectivity index is 1.56. The van der Waals surface area contributed by atoms with Gasteiger partial charge in [0.25, 0.3) is 0 Å². The van der Waals surface area contributed by atoms with E-state index >= 15 is 0 Å². The highest BCUT2D eigenvalue weighted by atomic mass is 16.4. The molecule has 1 aromatic carbocycles. The van der Waals surface area contributed by atoms with Gasteiger partial charge in [0.05, 0.1) is 11.2 Å². The molecule has 1 amide bonds. The van der Waals surface area contributed by atoms with Crippen LogP contribution >= 0.6 is 0 Å². The molecule has 4 rings (SSSR count). The van der Waals surface area contributed by atoms with Gasteiger partial charge < -0.3 is 9.73 Å². The molecule has 0 fully saturated rings. The predicted octanol–water partition coefficient (Wildman–Crippen LogP) is 1.83. The van der Waals surface area contributed by atoms with Crippen molar-refractivity contribution in [3.8, 4) is 5.82 Å². The molecule has 27 heavy (non-hydrogen) atoms. The van der Waals surface area contributed by atoms with Crippen LogP contribution in [0.2, 0.25) is 0 Å². The number of carbonyl (C=O) groups excluding carboxylic acids is 1. The van der Waals surface area contributed by atoms with Gasteiger partial charge in [0.2, 0.25) is 5.91 Å². The minimum Gasteiger partial charge on any atom is -0.408 e. The maximum atomic E-state index is 12.4. The molecule has 3 aromatic heterocycles. The van der Waals surface area contributed by atoms with Gasteiger partial charge in [-0.05, 0) is 32.0 Å². The second kappa shape index (κ2) is 6.52. The first kappa shape index (κ1) is 16.7. The second-order valence-corrected chi connectivity index (χ2v) is 6.07. The van der Waals surface area contributed by atoms with Gasteiger partial charge in [-0.1, -0.05) is 12.1 Å². The van der Waals surface area contributed by atoms with E-state index in [0.717, 1.165) is 11.4 Å². The van der Waals surface area contributed by atoms with Crippen molar-refractivity contribution < 1.29 is 9.21 Å². The Labute approximate surface area is 153 Å². The molecule has 0 saturated carbocycles. The van der Waals surface area contributed by atoms with E-state index in [4.69, 9.17) is 4.42 Å². The number of oxazole rings is 1. The van der Waals surface area contributed by atoms with Gasteiger partial charge in [0, 0.05) is 11.8 Å². The summed E-state index contributed by atoms with van der Waals surface area (Å²) >= 11 is 0. The zero-order valence-electron chi connectivity index (χ0n) is 14.7. The van der Waals surface area contributed by atoms with Crippen molar-refractivity contribution in [2.45, 2.75) is 20.4 Å². The Morgan fingerprint density at radius 1 is 1.19 bits per heavy atom. The lowest BCUT2D eigenvalue weighted by atomic mass is 10.3. The van der Waals surface area contributed by atoms with Crippen LogP contribution in [0.25, 0.3) is 16.9 Å². The van der Waals surface area contributed by atoms with E-state index in [1.54, 1.807) is 35.0 Å². The largest absolute Gasteiger partial charge is 0.420 e. The monoisotopic (exact) mass is 364 g/mol. The van der Waals surface area contributed by atoms with Gasteiger partial charge in [0.15, 0.2) is 11.4 Å². The number of nitrogens with zero attached hydrogens (tertiary/aromatic N) is 5. The summed E-state index contributed by atoms with van der Waals surface area (Å²) in [4.78, 5) is 32.6. The van der Waals surface area contributed by atoms with Crippen LogP contribution in [0.5, 0.6) is 0 Å². The van der Waals surface area contributed by atoms with E-state index in [2.05, 4.69) is 20.4 Å². The summed E-state index contributed by atoms with van der Waals surface area (Å²) in [6.45, 7) is 3.62. The summed E-state index contributed by atoms with van der Waals surface area (Å²) in [5, 5.41) is 7.04. The Bertz CT molecular complexity index is 1200. The maximum Gasteiger partial charge on any atom is 0.420 e. The van der Waals surface area contributed by atoms with E-state index in [-0.39, 0.29) is 6.54 Å². The molecule has 9 nitrogen and oxygen atoms in total. The SMILES string of the molecule is Cc1cc(C)n(-c2cc(NC(=O)Cn3c(=O)oc4ccccc43)ncn2)n1. The Morgan fingerprint density at radius 2 is 2.00 bits per heavy atom. The molecule has 0 aliphatic rings. The van der Waals surface area contributed by atoms with E-state index in [9.17, 15) is 9.59 Å². The number of para-hydroxylation sites is 2. The van der Waals surface area contributed by atoms with Crippen molar-refractivity contribution in [1.82, 2.24) is 24.3 Å². The van der Waals surface area contributed by atoms with Gasteiger partial charge in [-0.2, -0.15) is 5.10 Å². The molecule has 4 aromatic rings. The van der Waals surface area contributed by atoms with E-state index in [0.29, 0.717) is 22.7 Å². The predicted molar refractivity (Wildman–Crippen MR) is 97.7 cm³/mol. The first-order chi connectivity index (χ1) is 13.0. The standard InChI is InChI=1S/C18H16N6O3/c1-11-7-12(2)24(22-11)16-8-15(19-10-20-16)21-17(25)9-23-13-5-3-4-6-14(13)27-18(23)26/h3-8,10H,9H2,1-2H3,(H,19,20,21,25).